The van der Waals surface area contributed by atoms with Crippen LogP contribution in [0, 0.1) is 0 Å². The minimum absolute atomic E-state index is 0.116. The van der Waals surface area contributed by atoms with Gasteiger partial charge in [-0.1, -0.05) is 31.9 Å². The molecule has 1 fully saturated rings. The average molecular weight is 307 g/mol. The van der Waals surface area contributed by atoms with Crippen molar-refractivity contribution in [2.45, 2.75) is 12.8 Å². The van der Waals surface area contributed by atoms with Gasteiger partial charge in [-0.05, 0) is 12.6 Å². The number of ether oxygens (including phenoxy) is 2. The average Bonchev–Trinajstić information content (AvgIpc) is 2.94. The third-order valence-corrected chi connectivity index (χ3v) is 2.37. The molecule has 0 aromatic carbocycles. The SMILES string of the molecule is C=CCOC(=O)C=CC(=O)OCC=C.C=CN1CCCC1=O. The number of amides is 1. The summed E-state index contributed by atoms with van der Waals surface area (Å²) < 4.78 is 9.15. The Morgan fingerprint density at radius 2 is 1.55 bits per heavy atom. The van der Waals surface area contributed by atoms with Crippen LogP contribution in [0.2, 0.25) is 0 Å². The van der Waals surface area contributed by atoms with Gasteiger partial charge >= 0.3 is 11.9 Å². The van der Waals surface area contributed by atoms with Gasteiger partial charge in [0.15, 0.2) is 0 Å². The zero-order valence-corrected chi connectivity index (χ0v) is 12.5. The van der Waals surface area contributed by atoms with E-state index in [9.17, 15) is 14.4 Å². The van der Waals surface area contributed by atoms with E-state index < -0.39 is 11.9 Å². The highest BCUT2D eigenvalue weighted by Gasteiger charge is 2.15. The molecule has 0 saturated carbocycles. The van der Waals surface area contributed by atoms with Crippen molar-refractivity contribution < 1.29 is 23.9 Å². The van der Waals surface area contributed by atoms with E-state index in [1.165, 1.54) is 12.2 Å². The summed E-state index contributed by atoms with van der Waals surface area (Å²) in [6.07, 6.45) is 8.14. The molecule has 0 atom stereocenters. The lowest BCUT2D eigenvalue weighted by Crippen LogP contribution is -2.16. The van der Waals surface area contributed by atoms with Crippen LogP contribution in [0.1, 0.15) is 12.8 Å². The molecule has 6 nitrogen and oxygen atoms in total. The fourth-order valence-corrected chi connectivity index (χ4v) is 1.38. The molecule has 22 heavy (non-hydrogen) atoms. The summed E-state index contributed by atoms with van der Waals surface area (Å²) in [5, 5.41) is 0. The first-order valence-electron chi connectivity index (χ1n) is 6.70. The number of hydrogen-bond acceptors (Lipinski definition) is 5. The van der Waals surface area contributed by atoms with Crippen molar-refractivity contribution in [3.8, 4) is 0 Å². The molecule has 0 radical (unpaired) electrons. The molecule has 0 N–H and O–H groups in total. The van der Waals surface area contributed by atoms with Gasteiger partial charge in [-0.2, -0.15) is 0 Å². The van der Waals surface area contributed by atoms with E-state index in [0.717, 1.165) is 25.1 Å². The summed E-state index contributed by atoms with van der Waals surface area (Å²) in [5.74, 6) is -1.01. The van der Waals surface area contributed by atoms with Crippen molar-refractivity contribution in [3.63, 3.8) is 0 Å². The monoisotopic (exact) mass is 307 g/mol. The predicted molar refractivity (Wildman–Crippen MR) is 82.6 cm³/mol. The molecule has 0 unspecified atom stereocenters. The highest BCUT2D eigenvalue weighted by Crippen LogP contribution is 2.08. The Morgan fingerprint density at radius 3 is 1.82 bits per heavy atom. The molecule has 1 amide bonds. The van der Waals surface area contributed by atoms with Gasteiger partial charge in [0.2, 0.25) is 5.91 Å². The minimum atomic E-state index is -0.611. The second kappa shape index (κ2) is 12.1. The van der Waals surface area contributed by atoms with Gasteiger partial charge in [-0.25, -0.2) is 9.59 Å². The molecule has 120 valence electrons. The van der Waals surface area contributed by atoms with Crippen molar-refractivity contribution in [1.82, 2.24) is 4.90 Å². The molecule has 0 aromatic rings. The fraction of sp³-hybridized carbons (Fsp3) is 0.312. The number of carbonyl (C=O) groups is 3. The maximum Gasteiger partial charge on any atom is 0.331 e. The van der Waals surface area contributed by atoms with Gasteiger partial charge in [0.25, 0.3) is 0 Å². The minimum Gasteiger partial charge on any atom is -0.458 e. The Kier molecular flexibility index (Phi) is 10.7. The largest absolute Gasteiger partial charge is 0.458 e. The maximum atomic E-state index is 10.8. The number of rotatable bonds is 7. The molecule has 1 heterocycles. The smallest absolute Gasteiger partial charge is 0.331 e. The van der Waals surface area contributed by atoms with Crippen molar-refractivity contribution >= 4 is 17.8 Å². The van der Waals surface area contributed by atoms with E-state index in [4.69, 9.17) is 0 Å². The lowest BCUT2D eigenvalue weighted by atomic mass is 10.4. The third-order valence-electron chi connectivity index (χ3n) is 2.37. The number of hydrogen-bond donors (Lipinski definition) is 0. The molecule has 1 aliphatic rings. The summed E-state index contributed by atoms with van der Waals surface area (Å²) in [7, 11) is 0. The molecule has 0 aliphatic carbocycles. The molecule has 0 aromatic heterocycles. The van der Waals surface area contributed by atoms with Crippen LogP contribution >= 0.6 is 0 Å². The highest BCUT2D eigenvalue weighted by atomic mass is 16.5. The van der Waals surface area contributed by atoms with Crippen LogP contribution in [0.15, 0.2) is 50.2 Å². The summed E-state index contributed by atoms with van der Waals surface area (Å²) >= 11 is 0. The molecule has 0 bridgehead atoms. The Hall–Kier alpha value is -2.63. The Bertz CT molecular complexity index is 427. The first kappa shape index (κ1) is 19.4. The first-order valence-corrected chi connectivity index (χ1v) is 6.70. The van der Waals surface area contributed by atoms with Crippen LogP contribution in [-0.4, -0.2) is 42.5 Å². The third kappa shape index (κ3) is 9.30. The van der Waals surface area contributed by atoms with Gasteiger partial charge in [0, 0.05) is 25.1 Å². The van der Waals surface area contributed by atoms with Crippen LogP contribution in [0.4, 0.5) is 0 Å². The highest BCUT2D eigenvalue weighted by molar-refractivity contribution is 5.91. The molecular formula is C16H21NO5. The molecular weight excluding hydrogens is 286 g/mol. The molecule has 1 aliphatic heterocycles. The molecule has 6 heteroatoms. The lowest BCUT2D eigenvalue weighted by molar-refractivity contribution is -0.139. The second-order valence-electron chi connectivity index (χ2n) is 4.04. The number of esters is 2. The topological polar surface area (TPSA) is 72.9 Å². The zero-order chi connectivity index (χ0) is 16.8. The van der Waals surface area contributed by atoms with Crippen LogP contribution in [0.5, 0.6) is 0 Å². The van der Waals surface area contributed by atoms with E-state index in [2.05, 4.69) is 29.2 Å². The van der Waals surface area contributed by atoms with Crippen LogP contribution in [-0.2, 0) is 23.9 Å². The number of nitrogens with zero attached hydrogens (tertiary/aromatic N) is 1. The van der Waals surface area contributed by atoms with E-state index >= 15 is 0 Å². The Balaban J connectivity index is 0.000000461. The number of carbonyl (C=O) groups excluding carboxylic acids is 3. The summed E-state index contributed by atoms with van der Waals surface area (Å²) in [4.78, 5) is 33.9. The maximum absolute atomic E-state index is 10.8. The normalized spacial score (nSPS) is 13.1. The van der Waals surface area contributed by atoms with Crippen LogP contribution in [0.25, 0.3) is 0 Å². The first-order chi connectivity index (χ1) is 10.5. The molecule has 1 rings (SSSR count). The van der Waals surface area contributed by atoms with Crippen LogP contribution < -0.4 is 0 Å². The van der Waals surface area contributed by atoms with Crippen molar-refractivity contribution in [3.05, 3.63) is 50.2 Å². The van der Waals surface area contributed by atoms with E-state index in [-0.39, 0.29) is 19.1 Å². The van der Waals surface area contributed by atoms with E-state index in [0.29, 0.717) is 6.42 Å². The van der Waals surface area contributed by atoms with Gasteiger partial charge in [0.05, 0.1) is 0 Å². The van der Waals surface area contributed by atoms with Crippen LogP contribution in [0.3, 0.4) is 0 Å². The Morgan fingerprint density at radius 1 is 1.05 bits per heavy atom. The zero-order valence-electron chi connectivity index (χ0n) is 12.5. The quantitative estimate of drug-likeness (QED) is 0.407. The molecule has 0 spiro atoms. The molecule has 1 saturated heterocycles. The Labute approximate surface area is 130 Å². The van der Waals surface area contributed by atoms with Crippen molar-refractivity contribution in [2.75, 3.05) is 19.8 Å². The summed E-state index contributed by atoms with van der Waals surface area (Å²) in [6.45, 7) is 11.3. The fourth-order valence-electron chi connectivity index (χ4n) is 1.38. The second-order valence-corrected chi connectivity index (χ2v) is 4.04. The van der Waals surface area contributed by atoms with E-state index in [1.54, 1.807) is 11.1 Å². The van der Waals surface area contributed by atoms with Crippen molar-refractivity contribution in [2.24, 2.45) is 0 Å². The van der Waals surface area contributed by atoms with Gasteiger partial charge in [0.1, 0.15) is 13.2 Å². The van der Waals surface area contributed by atoms with Crippen molar-refractivity contribution in [1.29, 1.82) is 0 Å². The number of likely N-dealkylation sites (tertiary alicyclic amines) is 1. The van der Waals surface area contributed by atoms with E-state index in [1.807, 2.05) is 0 Å². The predicted octanol–water partition coefficient (Wildman–Crippen LogP) is 1.75. The summed E-state index contributed by atoms with van der Waals surface area (Å²) in [6, 6.07) is 0. The van der Waals surface area contributed by atoms with Gasteiger partial charge in [-0.15, -0.1) is 0 Å². The standard InChI is InChI=1S/C10H12O4.C6H9NO/c1-3-7-13-9(11)5-6-10(12)14-8-4-2;1-2-7-5-3-4-6(7)8/h3-6H,1-2,7-8H2;2H,1,3-5H2. The van der Waals surface area contributed by atoms with Gasteiger partial charge < -0.3 is 14.4 Å². The summed E-state index contributed by atoms with van der Waals surface area (Å²) in [5.41, 5.74) is 0. The van der Waals surface area contributed by atoms with Gasteiger partial charge in [-0.3, -0.25) is 4.79 Å². The lowest BCUT2D eigenvalue weighted by Gasteiger charge is -2.05.